The molecule has 2 aliphatic rings. The highest BCUT2D eigenvalue weighted by atomic mass is 16.5. The van der Waals surface area contributed by atoms with E-state index in [4.69, 9.17) is 9.47 Å². The van der Waals surface area contributed by atoms with Crippen LogP contribution in [-0.2, 0) is 11.2 Å². The van der Waals surface area contributed by atoms with Crippen LogP contribution in [-0.4, -0.2) is 26.2 Å². The molecular weight excluding hydrogens is 278 g/mol. The van der Waals surface area contributed by atoms with Gasteiger partial charge in [0.1, 0.15) is 11.5 Å². The minimum Gasteiger partial charge on any atom is -0.497 e. The predicted octanol–water partition coefficient (Wildman–Crippen LogP) is 2.94. The molecule has 0 radical (unpaired) electrons. The van der Waals surface area contributed by atoms with Crippen molar-refractivity contribution in [3.63, 3.8) is 0 Å². The number of benzene rings is 1. The first-order valence-corrected chi connectivity index (χ1v) is 8.31. The smallest absolute Gasteiger partial charge is 0.220 e. The zero-order chi connectivity index (χ0) is 15.4. The Morgan fingerprint density at radius 3 is 2.91 bits per heavy atom. The van der Waals surface area contributed by atoms with E-state index in [0.29, 0.717) is 31.4 Å². The number of amides is 1. The fourth-order valence-corrected chi connectivity index (χ4v) is 3.48. The molecule has 22 heavy (non-hydrogen) atoms. The highest BCUT2D eigenvalue weighted by molar-refractivity contribution is 5.76. The van der Waals surface area contributed by atoms with Gasteiger partial charge in [-0.25, -0.2) is 0 Å². The van der Waals surface area contributed by atoms with Crippen LogP contribution in [0.4, 0.5) is 0 Å². The molecule has 1 aromatic carbocycles. The lowest BCUT2D eigenvalue weighted by Gasteiger charge is -2.26. The molecule has 1 aromatic rings. The van der Waals surface area contributed by atoms with Crippen molar-refractivity contribution in [1.29, 1.82) is 0 Å². The summed E-state index contributed by atoms with van der Waals surface area (Å²) in [4.78, 5) is 12.0. The summed E-state index contributed by atoms with van der Waals surface area (Å²) >= 11 is 0. The molecule has 4 heteroatoms. The number of fused-ring (bicyclic) bond motifs is 1. The van der Waals surface area contributed by atoms with Gasteiger partial charge in [0.05, 0.1) is 13.7 Å². The van der Waals surface area contributed by atoms with Crippen LogP contribution < -0.4 is 14.8 Å². The molecule has 1 aliphatic carbocycles. The fourth-order valence-electron chi connectivity index (χ4n) is 3.48. The summed E-state index contributed by atoms with van der Waals surface area (Å²) in [5, 5.41) is 3.09. The summed E-state index contributed by atoms with van der Waals surface area (Å²) < 4.78 is 11.0. The van der Waals surface area contributed by atoms with Gasteiger partial charge < -0.3 is 14.8 Å². The third-order valence-electron chi connectivity index (χ3n) is 4.79. The number of hydrogen-bond acceptors (Lipinski definition) is 3. The van der Waals surface area contributed by atoms with E-state index in [9.17, 15) is 4.79 Å². The van der Waals surface area contributed by atoms with E-state index in [1.165, 1.54) is 31.2 Å². The van der Waals surface area contributed by atoms with E-state index in [0.717, 1.165) is 17.9 Å². The van der Waals surface area contributed by atoms with Crippen molar-refractivity contribution in [1.82, 2.24) is 5.32 Å². The van der Waals surface area contributed by atoms with Crippen LogP contribution in [0.3, 0.4) is 0 Å². The molecule has 1 amide bonds. The number of methoxy groups -OCH3 is 1. The number of carbonyl (C=O) groups excluding carboxylic acids is 1. The second-order valence-electron chi connectivity index (χ2n) is 6.51. The molecule has 0 bridgehead atoms. The maximum atomic E-state index is 12.0. The van der Waals surface area contributed by atoms with Gasteiger partial charge in [-0.15, -0.1) is 0 Å². The Hall–Kier alpha value is -1.71. The van der Waals surface area contributed by atoms with E-state index in [2.05, 4.69) is 11.4 Å². The maximum Gasteiger partial charge on any atom is 0.220 e. The molecule has 1 heterocycles. The van der Waals surface area contributed by atoms with Crippen LogP contribution >= 0.6 is 0 Å². The average molecular weight is 303 g/mol. The lowest BCUT2D eigenvalue weighted by Crippen LogP contribution is -2.35. The first kappa shape index (κ1) is 15.2. The highest BCUT2D eigenvalue weighted by Gasteiger charge is 2.22. The SMILES string of the molecule is COc1ccc2c(c1)OC[C@H](CNC(=O)CC1CCCC1)C2. The predicted molar refractivity (Wildman–Crippen MR) is 85.3 cm³/mol. The number of carbonyl (C=O) groups is 1. The van der Waals surface area contributed by atoms with E-state index >= 15 is 0 Å². The zero-order valence-corrected chi connectivity index (χ0v) is 13.3. The van der Waals surface area contributed by atoms with Gasteiger partial charge >= 0.3 is 0 Å². The zero-order valence-electron chi connectivity index (χ0n) is 13.3. The van der Waals surface area contributed by atoms with Crippen LogP contribution in [0.25, 0.3) is 0 Å². The van der Waals surface area contributed by atoms with Gasteiger partial charge in [0.2, 0.25) is 5.91 Å². The van der Waals surface area contributed by atoms with Crippen molar-refractivity contribution in [3.05, 3.63) is 23.8 Å². The summed E-state index contributed by atoms with van der Waals surface area (Å²) in [6.45, 7) is 1.36. The van der Waals surface area contributed by atoms with Gasteiger partial charge in [-0.3, -0.25) is 4.79 Å². The number of rotatable bonds is 5. The number of ether oxygens (including phenoxy) is 2. The summed E-state index contributed by atoms with van der Waals surface area (Å²) in [7, 11) is 1.66. The third-order valence-corrected chi connectivity index (χ3v) is 4.79. The Bertz CT molecular complexity index is 523. The first-order chi connectivity index (χ1) is 10.7. The summed E-state index contributed by atoms with van der Waals surface area (Å²) in [5.74, 6) is 2.89. The second-order valence-corrected chi connectivity index (χ2v) is 6.51. The van der Waals surface area contributed by atoms with Gasteiger partial charge in [-0.05, 0) is 36.8 Å². The maximum absolute atomic E-state index is 12.0. The van der Waals surface area contributed by atoms with E-state index in [1.807, 2.05) is 12.1 Å². The van der Waals surface area contributed by atoms with E-state index in [1.54, 1.807) is 7.11 Å². The van der Waals surface area contributed by atoms with Crippen molar-refractivity contribution in [3.8, 4) is 11.5 Å². The van der Waals surface area contributed by atoms with Crippen LogP contribution in [0.5, 0.6) is 11.5 Å². The molecule has 4 nitrogen and oxygen atoms in total. The van der Waals surface area contributed by atoms with Gasteiger partial charge in [0.25, 0.3) is 0 Å². The van der Waals surface area contributed by atoms with Crippen LogP contribution in [0.2, 0.25) is 0 Å². The summed E-state index contributed by atoms with van der Waals surface area (Å²) in [6.07, 6.45) is 6.65. The van der Waals surface area contributed by atoms with Crippen molar-refractivity contribution in [2.24, 2.45) is 11.8 Å². The molecule has 0 spiro atoms. The first-order valence-electron chi connectivity index (χ1n) is 8.31. The molecule has 0 saturated heterocycles. The van der Waals surface area contributed by atoms with Crippen LogP contribution in [0.1, 0.15) is 37.7 Å². The van der Waals surface area contributed by atoms with Gasteiger partial charge in [-0.1, -0.05) is 18.9 Å². The topological polar surface area (TPSA) is 47.6 Å². The largest absolute Gasteiger partial charge is 0.497 e. The van der Waals surface area contributed by atoms with Crippen LogP contribution in [0.15, 0.2) is 18.2 Å². The quantitative estimate of drug-likeness (QED) is 0.910. The Morgan fingerprint density at radius 2 is 2.14 bits per heavy atom. The molecule has 0 unspecified atom stereocenters. The van der Waals surface area contributed by atoms with Crippen LogP contribution in [0, 0.1) is 11.8 Å². The monoisotopic (exact) mass is 303 g/mol. The van der Waals surface area contributed by atoms with Gasteiger partial charge in [0.15, 0.2) is 0 Å². The van der Waals surface area contributed by atoms with Crippen molar-refractivity contribution >= 4 is 5.91 Å². The Kier molecular flexibility index (Phi) is 4.86. The minimum absolute atomic E-state index is 0.201. The van der Waals surface area contributed by atoms with Gasteiger partial charge in [0, 0.05) is 24.9 Å². The van der Waals surface area contributed by atoms with E-state index < -0.39 is 0 Å². The lowest BCUT2D eigenvalue weighted by molar-refractivity contribution is -0.122. The second kappa shape index (κ2) is 7.03. The van der Waals surface area contributed by atoms with Crippen molar-refractivity contribution in [2.75, 3.05) is 20.3 Å². The normalized spacial score (nSPS) is 21.0. The molecule has 1 fully saturated rings. The Morgan fingerprint density at radius 1 is 1.32 bits per heavy atom. The summed E-state index contributed by atoms with van der Waals surface area (Å²) in [5.41, 5.74) is 1.20. The molecule has 1 aliphatic heterocycles. The molecular formula is C18H25NO3. The lowest BCUT2D eigenvalue weighted by atomic mass is 9.96. The fraction of sp³-hybridized carbons (Fsp3) is 0.611. The number of nitrogens with one attached hydrogen (secondary N) is 1. The average Bonchev–Trinajstić information content (AvgIpc) is 3.05. The standard InChI is InChI=1S/C18H25NO3/c1-21-16-7-6-15-8-14(12-22-17(15)10-16)11-19-18(20)9-13-4-2-3-5-13/h6-7,10,13-14H,2-5,8-9,11-12H2,1H3,(H,19,20)/t14-/m0/s1. The highest BCUT2D eigenvalue weighted by Crippen LogP contribution is 2.31. The van der Waals surface area contributed by atoms with Crippen molar-refractivity contribution < 1.29 is 14.3 Å². The third kappa shape index (κ3) is 3.73. The molecule has 1 N–H and O–H groups in total. The summed E-state index contributed by atoms with van der Waals surface area (Å²) in [6, 6.07) is 5.95. The molecule has 120 valence electrons. The van der Waals surface area contributed by atoms with E-state index in [-0.39, 0.29) is 5.91 Å². The number of hydrogen-bond donors (Lipinski definition) is 1. The molecule has 1 atom stereocenters. The minimum atomic E-state index is 0.201. The van der Waals surface area contributed by atoms with Crippen molar-refractivity contribution in [2.45, 2.75) is 38.5 Å². The molecule has 1 saturated carbocycles. The molecule has 3 rings (SSSR count). The Balaban J connectivity index is 1.46. The Labute approximate surface area is 132 Å². The molecule has 0 aromatic heterocycles. The van der Waals surface area contributed by atoms with Gasteiger partial charge in [-0.2, -0.15) is 0 Å².